The van der Waals surface area contributed by atoms with Crippen LogP contribution >= 0.6 is 0 Å². The molecule has 2 aromatic heterocycles. The van der Waals surface area contributed by atoms with Crippen LogP contribution in [0.3, 0.4) is 0 Å². The van der Waals surface area contributed by atoms with E-state index >= 15 is 0 Å². The Morgan fingerprint density at radius 1 is 1.14 bits per heavy atom. The standard InChI is InChI=1S/C25H23F3N4O3/c1-13-3-6-19-17(11-13)30-23(35-19)14-7-9-32(10-8-14)21-16-5-4-15(25(26,27)28)12-18(16)31(2)24(34)20(21)22(29)33/h3-6,11-12,14H,7-10H2,1-2H3,(H2,29,33). The van der Waals surface area contributed by atoms with Crippen molar-refractivity contribution < 1.29 is 22.4 Å². The van der Waals surface area contributed by atoms with Gasteiger partial charge in [0.15, 0.2) is 11.5 Å². The molecule has 4 aromatic rings. The van der Waals surface area contributed by atoms with E-state index in [0.717, 1.165) is 27.8 Å². The number of benzene rings is 2. The molecule has 0 bridgehead atoms. The van der Waals surface area contributed by atoms with Crippen LogP contribution in [0.2, 0.25) is 0 Å². The van der Waals surface area contributed by atoms with Crippen molar-refractivity contribution in [1.29, 1.82) is 0 Å². The maximum absolute atomic E-state index is 13.3. The van der Waals surface area contributed by atoms with E-state index in [1.165, 1.54) is 13.1 Å². The van der Waals surface area contributed by atoms with Crippen LogP contribution in [0.15, 0.2) is 45.6 Å². The van der Waals surface area contributed by atoms with Crippen LogP contribution in [-0.2, 0) is 13.2 Å². The number of oxazole rings is 1. The average molecular weight is 484 g/mol. The Morgan fingerprint density at radius 2 is 1.86 bits per heavy atom. The van der Waals surface area contributed by atoms with Gasteiger partial charge in [0.05, 0.1) is 16.8 Å². The molecule has 1 amide bonds. The Hall–Kier alpha value is -3.82. The van der Waals surface area contributed by atoms with Crippen molar-refractivity contribution in [1.82, 2.24) is 9.55 Å². The third-order valence-electron chi connectivity index (χ3n) is 6.66. The van der Waals surface area contributed by atoms with Gasteiger partial charge in [0.2, 0.25) is 0 Å². The predicted molar refractivity (Wildman–Crippen MR) is 126 cm³/mol. The number of primary amides is 1. The lowest BCUT2D eigenvalue weighted by atomic mass is 9.95. The molecule has 10 heteroatoms. The molecule has 0 saturated carbocycles. The molecule has 0 unspecified atom stereocenters. The third-order valence-corrected chi connectivity index (χ3v) is 6.66. The highest BCUT2D eigenvalue weighted by atomic mass is 19.4. The van der Waals surface area contributed by atoms with Gasteiger partial charge in [-0.25, -0.2) is 4.98 Å². The smallest absolute Gasteiger partial charge is 0.416 e. The molecule has 35 heavy (non-hydrogen) atoms. The number of carbonyl (C=O) groups excluding carboxylic acids is 1. The zero-order valence-electron chi connectivity index (χ0n) is 19.1. The fourth-order valence-corrected chi connectivity index (χ4v) is 4.83. The summed E-state index contributed by atoms with van der Waals surface area (Å²) in [7, 11) is 1.34. The van der Waals surface area contributed by atoms with Crippen LogP contribution in [0, 0.1) is 6.92 Å². The van der Waals surface area contributed by atoms with Crippen LogP contribution in [0.5, 0.6) is 0 Å². The van der Waals surface area contributed by atoms with E-state index in [4.69, 9.17) is 10.2 Å². The molecule has 1 saturated heterocycles. The number of halogens is 3. The minimum Gasteiger partial charge on any atom is -0.440 e. The maximum Gasteiger partial charge on any atom is 0.416 e. The second-order valence-corrected chi connectivity index (χ2v) is 8.97. The van der Waals surface area contributed by atoms with Gasteiger partial charge in [0, 0.05) is 31.4 Å². The average Bonchev–Trinajstić information content (AvgIpc) is 3.23. The van der Waals surface area contributed by atoms with Crippen molar-refractivity contribution >= 4 is 33.6 Å². The summed E-state index contributed by atoms with van der Waals surface area (Å²) in [6.45, 7) is 2.88. The van der Waals surface area contributed by atoms with E-state index in [1.54, 1.807) is 0 Å². The number of aryl methyl sites for hydroxylation is 2. The Morgan fingerprint density at radius 3 is 2.51 bits per heavy atom. The van der Waals surface area contributed by atoms with Crippen molar-refractivity contribution in [2.75, 3.05) is 18.0 Å². The summed E-state index contributed by atoms with van der Waals surface area (Å²) in [6.07, 6.45) is -3.31. The highest BCUT2D eigenvalue weighted by Gasteiger charge is 2.33. The van der Waals surface area contributed by atoms with Crippen LogP contribution < -0.4 is 16.2 Å². The molecular formula is C25H23F3N4O3. The normalized spacial score (nSPS) is 15.3. The van der Waals surface area contributed by atoms with Crippen molar-refractivity contribution in [2.24, 2.45) is 12.8 Å². The van der Waals surface area contributed by atoms with Gasteiger partial charge in [-0.3, -0.25) is 9.59 Å². The Balaban J connectivity index is 1.53. The molecule has 3 heterocycles. The first kappa shape index (κ1) is 22.9. The number of piperidine rings is 1. The Labute approximate surface area is 197 Å². The number of alkyl halides is 3. The summed E-state index contributed by atoms with van der Waals surface area (Å²) < 4.78 is 47.0. The highest BCUT2D eigenvalue weighted by molar-refractivity contribution is 6.07. The summed E-state index contributed by atoms with van der Waals surface area (Å²) >= 11 is 0. The van der Waals surface area contributed by atoms with E-state index in [9.17, 15) is 22.8 Å². The molecule has 182 valence electrons. The molecule has 0 aliphatic carbocycles. The van der Waals surface area contributed by atoms with Crippen LogP contribution in [0.25, 0.3) is 22.0 Å². The van der Waals surface area contributed by atoms with E-state index in [-0.39, 0.29) is 22.7 Å². The number of fused-ring (bicyclic) bond motifs is 2. The van der Waals surface area contributed by atoms with Gasteiger partial charge in [0.1, 0.15) is 11.1 Å². The van der Waals surface area contributed by atoms with Crippen LogP contribution in [-0.4, -0.2) is 28.5 Å². The minimum absolute atomic E-state index is 0.0330. The predicted octanol–water partition coefficient (Wildman–Crippen LogP) is 4.49. The van der Waals surface area contributed by atoms with Gasteiger partial charge in [0.25, 0.3) is 11.5 Å². The SMILES string of the molecule is Cc1ccc2oc(C3CCN(c4c(C(N)=O)c(=O)n(C)c5cc(C(F)(F)F)ccc45)CC3)nc2c1. The second kappa shape index (κ2) is 8.14. The summed E-state index contributed by atoms with van der Waals surface area (Å²) in [6, 6.07) is 8.98. The zero-order valence-corrected chi connectivity index (χ0v) is 19.1. The third kappa shape index (κ3) is 3.92. The Bertz CT molecular complexity index is 1530. The molecule has 0 atom stereocenters. The summed E-state index contributed by atoms with van der Waals surface area (Å²) in [5.74, 6) is -0.256. The fourth-order valence-electron chi connectivity index (χ4n) is 4.83. The largest absolute Gasteiger partial charge is 0.440 e. The second-order valence-electron chi connectivity index (χ2n) is 8.97. The number of amides is 1. The zero-order chi connectivity index (χ0) is 25.1. The van der Waals surface area contributed by atoms with Crippen LogP contribution in [0.1, 0.15) is 46.1 Å². The van der Waals surface area contributed by atoms with Crippen molar-refractivity contribution in [3.8, 4) is 0 Å². The molecule has 1 aliphatic heterocycles. The van der Waals surface area contributed by atoms with Gasteiger partial charge in [-0.1, -0.05) is 12.1 Å². The molecule has 0 spiro atoms. The number of hydrogen-bond donors (Lipinski definition) is 1. The topological polar surface area (TPSA) is 94.4 Å². The van der Waals surface area contributed by atoms with Gasteiger partial charge in [-0.15, -0.1) is 0 Å². The summed E-state index contributed by atoms with van der Waals surface area (Å²) in [5, 5.41) is 0.365. The monoisotopic (exact) mass is 484 g/mol. The molecule has 2 N–H and O–H groups in total. The van der Waals surface area contributed by atoms with Crippen molar-refractivity contribution in [3.05, 3.63) is 69.3 Å². The fraction of sp³-hybridized carbons (Fsp3) is 0.320. The number of rotatable bonds is 3. The van der Waals surface area contributed by atoms with E-state index in [1.807, 2.05) is 30.0 Å². The first-order chi connectivity index (χ1) is 16.5. The molecule has 0 radical (unpaired) electrons. The number of pyridine rings is 1. The number of nitrogens with two attached hydrogens (primary N) is 1. The summed E-state index contributed by atoms with van der Waals surface area (Å²) in [4.78, 5) is 31.8. The molecule has 5 rings (SSSR count). The maximum atomic E-state index is 13.3. The molecule has 1 fully saturated rings. The van der Waals surface area contributed by atoms with Gasteiger partial charge in [-0.2, -0.15) is 13.2 Å². The Kier molecular flexibility index (Phi) is 5.34. The minimum atomic E-state index is -4.57. The van der Waals surface area contributed by atoms with E-state index in [0.29, 0.717) is 42.8 Å². The quantitative estimate of drug-likeness (QED) is 0.463. The van der Waals surface area contributed by atoms with Gasteiger partial charge >= 0.3 is 6.18 Å². The number of hydrogen-bond acceptors (Lipinski definition) is 5. The lowest BCUT2D eigenvalue weighted by molar-refractivity contribution is -0.137. The van der Waals surface area contributed by atoms with E-state index in [2.05, 4.69) is 4.98 Å². The van der Waals surface area contributed by atoms with Crippen molar-refractivity contribution in [3.63, 3.8) is 0 Å². The molecule has 1 aliphatic rings. The lowest BCUT2D eigenvalue weighted by Gasteiger charge is -2.34. The van der Waals surface area contributed by atoms with Crippen LogP contribution in [0.4, 0.5) is 18.9 Å². The number of nitrogens with zero attached hydrogens (tertiary/aromatic N) is 3. The molecule has 7 nitrogen and oxygen atoms in total. The molecule has 2 aromatic carbocycles. The molecular weight excluding hydrogens is 461 g/mol. The first-order valence-corrected chi connectivity index (χ1v) is 11.2. The lowest BCUT2D eigenvalue weighted by Crippen LogP contribution is -2.38. The van der Waals surface area contributed by atoms with Gasteiger partial charge in [-0.05, 0) is 49.6 Å². The highest BCUT2D eigenvalue weighted by Crippen LogP contribution is 2.38. The number of carbonyl (C=O) groups is 1. The van der Waals surface area contributed by atoms with E-state index < -0.39 is 23.2 Å². The number of anilines is 1. The first-order valence-electron chi connectivity index (χ1n) is 11.2. The summed E-state index contributed by atoms with van der Waals surface area (Å²) in [5.41, 5.74) is 6.68. The number of aromatic nitrogens is 2. The van der Waals surface area contributed by atoms with Gasteiger partial charge < -0.3 is 19.6 Å². The van der Waals surface area contributed by atoms with Crippen molar-refractivity contribution in [2.45, 2.75) is 31.9 Å².